The molecule has 2 rings (SSSR count). The van der Waals surface area contributed by atoms with Crippen molar-refractivity contribution in [2.24, 2.45) is 0 Å². The third-order valence-corrected chi connectivity index (χ3v) is 3.36. The summed E-state index contributed by atoms with van der Waals surface area (Å²) < 4.78 is 5.45. The molecule has 23 heavy (non-hydrogen) atoms. The van der Waals surface area contributed by atoms with Crippen LogP contribution in [0.15, 0.2) is 55.1 Å². The lowest BCUT2D eigenvalue weighted by Gasteiger charge is -2.11. The van der Waals surface area contributed by atoms with E-state index in [4.69, 9.17) is 16.3 Å². The van der Waals surface area contributed by atoms with E-state index in [1.165, 1.54) is 0 Å². The maximum atomic E-state index is 12.0. The van der Waals surface area contributed by atoms with Crippen LogP contribution in [0.3, 0.4) is 0 Å². The fourth-order valence-corrected chi connectivity index (χ4v) is 2.13. The molecule has 2 aromatic carbocycles. The molecule has 0 aliphatic rings. The van der Waals surface area contributed by atoms with Gasteiger partial charge in [0.05, 0.1) is 6.54 Å². The molecule has 0 atom stereocenters. The summed E-state index contributed by atoms with van der Waals surface area (Å²) in [4.78, 5) is 12.0. The SMILES string of the molecule is C=CCOc1cccc(NCC(=O)Nc2cc(Cl)ccc2C)c1. The summed E-state index contributed by atoms with van der Waals surface area (Å²) in [7, 11) is 0. The maximum absolute atomic E-state index is 12.0. The van der Waals surface area contributed by atoms with Crippen molar-refractivity contribution in [3.63, 3.8) is 0 Å². The van der Waals surface area contributed by atoms with Crippen LogP contribution in [0.25, 0.3) is 0 Å². The average molecular weight is 331 g/mol. The first kappa shape index (κ1) is 16.9. The minimum atomic E-state index is -0.146. The van der Waals surface area contributed by atoms with Crippen LogP contribution in [0, 0.1) is 6.92 Å². The molecule has 0 bridgehead atoms. The van der Waals surface area contributed by atoms with Gasteiger partial charge >= 0.3 is 0 Å². The lowest BCUT2D eigenvalue weighted by atomic mass is 10.2. The zero-order chi connectivity index (χ0) is 16.7. The Hall–Kier alpha value is -2.46. The Morgan fingerprint density at radius 2 is 2.13 bits per heavy atom. The molecule has 0 aliphatic heterocycles. The quantitative estimate of drug-likeness (QED) is 0.746. The molecule has 0 fully saturated rings. The Morgan fingerprint density at radius 3 is 2.91 bits per heavy atom. The second-order valence-electron chi connectivity index (χ2n) is 4.99. The van der Waals surface area contributed by atoms with E-state index in [2.05, 4.69) is 17.2 Å². The predicted octanol–water partition coefficient (Wildman–Crippen LogP) is 4.26. The molecule has 0 unspecified atom stereocenters. The molecule has 4 nitrogen and oxygen atoms in total. The van der Waals surface area contributed by atoms with E-state index in [-0.39, 0.29) is 12.5 Å². The third kappa shape index (κ3) is 5.34. The monoisotopic (exact) mass is 330 g/mol. The summed E-state index contributed by atoms with van der Waals surface area (Å²) >= 11 is 5.94. The molecular formula is C18H19ClN2O2. The van der Waals surface area contributed by atoms with Crippen LogP contribution in [0.1, 0.15) is 5.56 Å². The number of anilines is 2. The summed E-state index contributed by atoms with van der Waals surface area (Å²) in [5, 5.41) is 6.49. The third-order valence-electron chi connectivity index (χ3n) is 3.13. The standard InChI is InChI=1S/C18H19ClN2O2/c1-3-9-23-16-6-4-5-15(11-16)20-12-18(22)21-17-10-14(19)8-7-13(17)2/h3-8,10-11,20H,1,9,12H2,2H3,(H,21,22). The Bertz CT molecular complexity index is 701. The zero-order valence-electron chi connectivity index (χ0n) is 12.9. The average Bonchev–Trinajstić information content (AvgIpc) is 2.55. The van der Waals surface area contributed by atoms with Crippen LogP contribution >= 0.6 is 11.6 Å². The molecule has 0 aliphatic carbocycles. The van der Waals surface area contributed by atoms with Gasteiger partial charge in [-0.1, -0.05) is 36.4 Å². The van der Waals surface area contributed by atoms with Crippen LogP contribution < -0.4 is 15.4 Å². The molecule has 0 aromatic heterocycles. The van der Waals surface area contributed by atoms with E-state index in [1.807, 2.05) is 37.3 Å². The van der Waals surface area contributed by atoms with Crippen molar-refractivity contribution < 1.29 is 9.53 Å². The van der Waals surface area contributed by atoms with Crippen molar-refractivity contribution in [2.75, 3.05) is 23.8 Å². The van der Waals surface area contributed by atoms with Crippen molar-refractivity contribution in [1.29, 1.82) is 0 Å². The highest BCUT2D eigenvalue weighted by atomic mass is 35.5. The number of nitrogens with one attached hydrogen (secondary N) is 2. The fourth-order valence-electron chi connectivity index (χ4n) is 1.96. The zero-order valence-corrected chi connectivity index (χ0v) is 13.7. The number of rotatable bonds is 7. The van der Waals surface area contributed by atoms with Crippen LogP contribution in [-0.4, -0.2) is 19.1 Å². The van der Waals surface area contributed by atoms with Gasteiger partial charge in [-0.2, -0.15) is 0 Å². The molecule has 1 amide bonds. The Labute approximate surface area is 141 Å². The lowest BCUT2D eigenvalue weighted by Crippen LogP contribution is -2.22. The minimum absolute atomic E-state index is 0.146. The number of benzene rings is 2. The summed E-state index contributed by atoms with van der Waals surface area (Å²) in [6.07, 6.45) is 1.68. The van der Waals surface area contributed by atoms with Crippen LogP contribution in [0.5, 0.6) is 5.75 Å². The smallest absolute Gasteiger partial charge is 0.243 e. The Balaban J connectivity index is 1.91. The summed E-state index contributed by atoms with van der Waals surface area (Å²) in [6, 6.07) is 12.8. The molecule has 2 N–H and O–H groups in total. The first-order valence-electron chi connectivity index (χ1n) is 7.22. The summed E-state index contributed by atoms with van der Waals surface area (Å²) in [6.45, 7) is 6.12. The number of halogens is 1. The first-order chi connectivity index (χ1) is 11.1. The van der Waals surface area contributed by atoms with Crippen LogP contribution in [-0.2, 0) is 4.79 Å². The molecule has 0 radical (unpaired) electrons. The number of carbonyl (C=O) groups is 1. The number of hydrogen-bond donors (Lipinski definition) is 2. The van der Waals surface area contributed by atoms with Gasteiger partial charge in [-0.25, -0.2) is 0 Å². The molecule has 120 valence electrons. The van der Waals surface area contributed by atoms with Crippen molar-refractivity contribution in [3.05, 3.63) is 65.7 Å². The number of amides is 1. The molecule has 5 heteroatoms. The molecule has 0 spiro atoms. The highest BCUT2D eigenvalue weighted by Crippen LogP contribution is 2.20. The van der Waals surface area contributed by atoms with Crippen molar-refractivity contribution >= 4 is 28.9 Å². The topological polar surface area (TPSA) is 50.4 Å². The van der Waals surface area contributed by atoms with Gasteiger partial charge in [0.2, 0.25) is 5.91 Å². The number of hydrogen-bond acceptors (Lipinski definition) is 3. The van der Waals surface area contributed by atoms with Gasteiger partial charge in [-0.05, 0) is 36.8 Å². The van der Waals surface area contributed by atoms with E-state index in [1.54, 1.807) is 18.2 Å². The summed E-state index contributed by atoms with van der Waals surface area (Å²) in [5.74, 6) is 0.578. The fraction of sp³-hybridized carbons (Fsp3) is 0.167. The van der Waals surface area contributed by atoms with E-state index >= 15 is 0 Å². The first-order valence-corrected chi connectivity index (χ1v) is 7.60. The highest BCUT2D eigenvalue weighted by molar-refractivity contribution is 6.31. The van der Waals surface area contributed by atoms with Crippen molar-refractivity contribution in [2.45, 2.75) is 6.92 Å². The van der Waals surface area contributed by atoms with E-state index in [0.717, 1.165) is 17.0 Å². The Kier molecular flexibility index (Phi) is 6.06. The molecular weight excluding hydrogens is 312 g/mol. The lowest BCUT2D eigenvalue weighted by molar-refractivity contribution is -0.114. The van der Waals surface area contributed by atoms with Gasteiger partial charge in [0.1, 0.15) is 12.4 Å². The molecule has 2 aromatic rings. The minimum Gasteiger partial charge on any atom is -0.489 e. The van der Waals surface area contributed by atoms with E-state index < -0.39 is 0 Å². The van der Waals surface area contributed by atoms with Gasteiger partial charge in [0.15, 0.2) is 0 Å². The second kappa shape index (κ2) is 8.25. The van der Waals surface area contributed by atoms with Crippen molar-refractivity contribution in [3.8, 4) is 5.75 Å². The number of aryl methyl sites for hydroxylation is 1. The van der Waals surface area contributed by atoms with Gasteiger partial charge in [0, 0.05) is 22.5 Å². The Morgan fingerprint density at radius 1 is 1.30 bits per heavy atom. The van der Waals surface area contributed by atoms with E-state index in [9.17, 15) is 4.79 Å². The molecule has 0 saturated carbocycles. The van der Waals surface area contributed by atoms with Gasteiger partial charge in [-0.15, -0.1) is 0 Å². The normalized spacial score (nSPS) is 10.0. The highest BCUT2D eigenvalue weighted by Gasteiger charge is 2.06. The van der Waals surface area contributed by atoms with Crippen LogP contribution in [0.4, 0.5) is 11.4 Å². The predicted molar refractivity (Wildman–Crippen MR) is 95.4 cm³/mol. The van der Waals surface area contributed by atoms with Gasteiger partial charge in [0.25, 0.3) is 0 Å². The summed E-state index contributed by atoms with van der Waals surface area (Å²) in [5.41, 5.74) is 2.49. The van der Waals surface area contributed by atoms with Crippen molar-refractivity contribution in [1.82, 2.24) is 0 Å². The van der Waals surface area contributed by atoms with Gasteiger partial charge in [-0.3, -0.25) is 4.79 Å². The second-order valence-corrected chi connectivity index (χ2v) is 5.42. The van der Waals surface area contributed by atoms with Gasteiger partial charge < -0.3 is 15.4 Å². The number of carbonyl (C=O) groups excluding carboxylic acids is 1. The number of ether oxygens (including phenoxy) is 1. The molecule has 0 heterocycles. The largest absolute Gasteiger partial charge is 0.489 e. The van der Waals surface area contributed by atoms with Crippen LogP contribution in [0.2, 0.25) is 5.02 Å². The van der Waals surface area contributed by atoms with E-state index in [0.29, 0.717) is 17.3 Å². The molecule has 0 saturated heterocycles. The maximum Gasteiger partial charge on any atom is 0.243 e.